The number of nitrogens with two attached hydrogens (primary N) is 2. The van der Waals surface area contributed by atoms with Gasteiger partial charge in [-0.2, -0.15) is 8.42 Å². The number of hydrogen-bond acceptors (Lipinski definition) is 6. The first-order valence-electron chi connectivity index (χ1n) is 3.61. The quantitative estimate of drug-likeness (QED) is 0.309. The van der Waals surface area contributed by atoms with Crippen molar-refractivity contribution in [3.63, 3.8) is 0 Å². The van der Waals surface area contributed by atoms with E-state index >= 15 is 0 Å². The van der Waals surface area contributed by atoms with E-state index in [0.717, 1.165) is 0 Å². The molecule has 0 aromatic rings. The van der Waals surface area contributed by atoms with Crippen LogP contribution in [0.5, 0.6) is 0 Å². The zero-order chi connectivity index (χ0) is 11.4. The van der Waals surface area contributed by atoms with Gasteiger partial charge >= 0.3 is 16.4 Å². The molecule has 0 aliphatic carbocycles. The Morgan fingerprint density at radius 1 is 1.50 bits per heavy atom. The molecule has 0 bridgehead atoms. The van der Waals surface area contributed by atoms with Gasteiger partial charge in [-0.25, -0.2) is 8.98 Å². The Balaban J connectivity index is 4.65. The summed E-state index contributed by atoms with van der Waals surface area (Å²) in [6, 6.07) is 0. The van der Waals surface area contributed by atoms with E-state index in [-0.39, 0.29) is 19.4 Å². The van der Waals surface area contributed by atoms with Gasteiger partial charge in [0, 0.05) is 6.42 Å². The molecule has 84 valence electrons. The summed E-state index contributed by atoms with van der Waals surface area (Å²) in [5.74, 6) is -1.69. The van der Waals surface area contributed by atoms with E-state index in [0.29, 0.717) is 0 Å². The third kappa shape index (κ3) is 4.48. The van der Waals surface area contributed by atoms with Crippen molar-refractivity contribution in [2.75, 3.05) is 6.54 Å². The average molecular weight is 228 g/mol. The molecule has 0 fully saturated rings. The molecule has 0 saturated heterocycles. The van der Waals surface area contributed by atoms with Gasteiger partial charge < -0.3 is 10.8 Å². The number of carbonyl (C=O) groups is 1. The van der Waals surface area contributed by atoms with Gasteiger partial charge in [0.1, 0.15) is 0 Å². The zero-order valence-corrected chi connectivity index (χ0v) is 8.03. The van der Waals surface area contributed by atoms with E-state index in [4.69, 9.17) is 21.1 Å². The van der Waals surface area contributed by atoms with Crippen LogP contribution in [-0.4, -0.2) is 36.3 Å². The van der Waals surface area contributed by atoms with Crippen LogP contribution in [-0.2, 0) is 19.4 Å². The molecule has 14 heavy (non-hydrogen) atoms. The van der Waals surface area contributed by atoms with Crippen LogP contribution in [0.25, 0.3) is 0 Å². The summed E-state index contributed by atoms with van der Waals surface area (Å²) >= 11 is 0. The Morgan fingerprint density at radius 2 is 2.00 bits per heavy atom. The number of hydrogen-bond donors (Lipinski definition) is 4. The molecule has 0 unspecified atom stereocenters. The van der Waals surface area contributed by atoms with Crippen LogP contribution >= 0.6 is 0 Å². The SMILES string of the molecule is NCCC[C@@](N)(OS(=O)(=O)O)C(=O)O. The minimum atomic E-state index is -4.90. The highest BCUT2D eigenvalue weighted by Crippen LogP contribution is 2.14. The van der Waals surface area contributed by atoms with Gasteiger partial charge in [0.25, 0.3) is 0 Å². The largest absolute Gasteiger partial charge is 0.478 e. The smallest absolute Gasteiger partial charge is 0.399 e. The molecule has 0 aliphatic heterocycles. The van der Waals surface area contributed by atoms with E-state index < -0.39 is 22.1 Å². The minimum Gasteiger partial charge on any atom is -0.478 e. The predicted octanol–water partition coefficient (Wildman–Crippen LogP) is -1.72. The molecule has 0 rings (SSSR count). The lowest BCUT2D eigenvalue weighted by atomic mass is 10.1. The Kier molecular flexibility index (Phi) is 4.42. The lowest BCUT2D eigenvalue weighted by Gasteiger charge is -2.21. The first-order chi connectivity index (χ1) is 6.21. The summed E-state index contributed by atoms with van der Waals surface area (Å²) < 4.78 is 32.7. The fraction of sp³-hybridized carbons (Fsp3) is 0.800. The molecule has 1 atom stereocenters. The lowest BCUT2D eigenvalue weighted by molar-refractivity contribution is -0.155. The highest BCUT2D eigenvalue weighted by molar-refractivity contribution is 7.81. The van der Waals surface area contributed by atoms with Gasteiger partial charge in [-0.15, -0.1) is 0 Å². The molecule has 0 spiro atoms. The Bertz CT molecular complexity index is 301. The first-order valence-corrected chi connectivity index (χ1v) is 4.98. The number of carboxylic acids is 1. The van der Waals surface area contributed by atoms with Crippen LogP contribution in [0.4, 0.5) is 0 Å². The standard InChI is InChI=1S/C5H12N2O6S/c6-3-1-2-5(7,4(8)9)13-14(10,11)12/h1-3,6-7H2,(H,8,9)(H,10,11,12)/t5-/m1/s1. The molecule has 0 aromatic carbocycles. The van der Waals surface area contributed by atoms with Crippen molar-refractivity contribution in [1.82, 2.24) is 0 Å². The number of aliphatic carboxylic acids is 1. The van der Waals surface area contributed by atoms with Crippen LogP contribution in [0, 0.1) is 0 Å². The number of rotatable bonds is 6. The monoisotopic (exact) mass is 228 g/mol. The second kappa shape index (κ2) is 4.66. The molecule has 0 radical (unpaired) electrons. The van der Waals surface area contributed by atoms with Gasteiger partial charge in [0.05, 0.1) is 0 Å². The van der Waals surface area contributed by atoms with Crippen molar-refractivity contribution in [1.29, 1.82) is 0 Å². The fourth-order valence-corrected chi connectivity index (χ4v) is 1.27. The van der Waals surface area contributed by atoms with Crippen molar-refractivity contribution in [2.24, 2.45) is 11.5 Å². The van der Waals surface area contributed by atoms with Gasteiger partial charge in [-0.3, -0.25) is 10.3 Å². The Hall–Kier alpha value is -0.740. The van der Waals surface area contributed by atoms with Crippen molar-refractivity contribution >= 4 is 16.4 Å². The molecule has 0 aliphatic rings. The maximum atomic E-state index is 10.5. The van der Waals surface area contributed by atoms with E-state index in [9.17, 15) is 13.2 Å². The highest BCUT2D eigenvalue weighted by Gasteiger charge is 2.39. The molecule has 0 heterocycles. The van der Waals surface area contributed by atoms with Gasteiger partial charge in [-0.05, 0) is 13.0 Å². The Morgan fingerprint density at radius 3 is 2.29 bits per heavy atom. The van der Waals surface area contributed by atoms with Crippen molar-refractivity contribution in [3.8, 4) is 0 Å². The molecule has 0 amide bonds. The molecule has 0 aromatic heterocycles. The normalized spacial score (nSPS) is 16.2. The summed E-state index contributed by atoms with van der Waals surface area (Å²) in [7, 11) is -4.90. The summed E-state index contributed by atoms with van der Waals surface area (Å²) in [5, 5.41) is 8.56. The van der Waals surface area contributed by atoms with Gasteiger partial charge in [0.15, 0.2) is 0 Å². The topological polar surface area (TPSA) is 153 Å². The maximum Gasteiger partial charge on any atom is 0.399 e. The zero-order valence-electron chi connectivity index (χ0n) is 7.21. The predicted molar refractivity (Wildman–Crippen MR) is 45.5 cm³/mol. The summed E-state index contributed by atoms with van der Waals surface area (Å²) in [6.45, 7) is 0.126. The van der Waals surface area contributed by atoms with E-state index in [2.05, 4.69) is 4.18 Å². The fourth-order valence-electron chi connectivity index (χ4n) is 0.737. The van der Waals surface area contributed by atoms with Gasteiger partial charge in [0.2, 0.25) is 5.72 Å². The van der Waals surface area contributed by atoms with E-state index in [1.54, 1.807) is 0 Å². The molecular formula is C5H12N2O6S. The van der Waals surface area contributed by atoms with Crippen LogP contribution in [0.2, 0.25) is 0 Å². The lowest BCUT2D eigenvalue weighted by Crippen LogP contribution is -2.51. The van der Waals surface area contributed by atoms with E-state index in [1.165, 1.54) is 0 Å². The van der Waals surface area contributed by atoms with Crippen LogP contribution in [0.3, 0.4) is 0 Å². The van der Waals surface area contributed by atoms with Crippen molar-refractivity contribution < 1.29 is 27.1 Å². The van der Waals surface area contributed by atoms with Crippen molar-refractivity contribution in [3.05, 3.63) is 0 Å². The second-order valence-corrected chi connectivity index (χ2v) is 3.62. The molecule has 8 nitrogen and oxygen atoms in total. The number of carboxylic acid groups (broad SMARTS) is 1. The third-order valence-corrected chi connectivity index (χ3v) is 1.88. The minimum absolute atomic E-state index is 0.126. The van der Waals surface area contributed by atoms with Crippen LogP contribution in [0.15, 0.2) is 0 Å². The van der Waals surface area contributed by atoms with Crippen LogP contribution < -0.4 is 11.5 Å². The van der Waals surface area contributed by atoms with Crippen LogP contribution in [0.1, 0.15) is 12.8 Å². The summed E-state index contributed by atoms with van der Waals surface area (Å²) in [4.78, 5) is 10.5. The van der Waals surface area contributed by atoms with Crippen molar-refractivity contribution in [2.45, 2.75) is 18.6 Å². The highest BCUT2D eigenvalue weighted by atomic mass is 32.3. The Labute approximate surface area is 80.8 Å². The third-order valence-electron chi connectivity index (χ3n) is 1.37. The molecular weight excluding hydrogens is 216 g/mol. The van der Waals surface area contributed by atoms with Gasteiger partial charge in [-0.1, -0.05) is 0 Å². The summed E-state index contributed by atoms with van der Waals surface area (Å²) in [5.41, 5.74) is 7.71. The molecule has 0 saturated carbocycles. The maximum absolute atomic E-state index is 10.5. The molecule has 6 N–H and O–H groups in total. The second-order valence-electron chi connectivity index (χ2n) is 2.60. The summed E-state index contributed by atoms with van der Waals surface area (Å²) in [6.07, 6.45) is -0.170. The average Bonchev–Trinajstić information content (AvgIpc) is 1.97. The van der Waals surface area contributed by atoms with E-state index in [1.807, 2.05) is 0 Å². The first kappa shape index (κ1) is 13.3. The molecule has 9 heteroatoms.